The molecule has 19 heavy (non-hydrogen) atoms. The van der Waals surface area contributed by atoms with Crippen molar-refractivity contribution < 1.29 is 13.2 Å². The predicted molar refractivity (Wildman–Crippen MR) is 70.2 cm³/mol. The molecule has 1 aliphatic rings. The fourth-order valence-corrected chi connectivity index (χ4v) is 4.32. The molecule has 0 saturated carbocycles. The van der Waals surface area contributed by atoms with Crippen molar-refractivity contribution in [2.75, 3.05) is 19.5 Å². The van der Waals surface area contributed by atoms with Crippen molar-refractivity contribution in [3.05, 3.63) is 11.6 Å². The van der Waals surface area contributed by atoms with E-state index in [0.29, 0.717) is 31.2 Å². The van der Waals surface area contributed by atoms with E-state index in [2.05, 4.69) is 10.2 Å². The highest BCUT2D eigenvalue weighted by molar-refractivity contribution is 7.91. The van der Waals surface area contributed by atoms with Crippen molar-refractivity contribution in [3.8, 4) is 0 Å². The minimum Gasteiger partial charge on any atom is -0.383 e. The number of ether oxygens (including phenoxy) is 1. The molecule has 0 aliphatic carbocycles. The van der Waals surface area contributed by atoms with Gasteiger partial charge in [0.1, 0.15) is 11.1 Å². The number of nitrogens with zero attached hydrogens (tertiary/aromatic N) is 3. The van der Waals surface area contributed by atoms with Crippen LogP contribution in [0, 0.1) is 0 Å². The van der Waals surface area contributed by atoms with Crippen molar-refractivity contribution >= 4 is 9.84 Å². The Kier molecular flexibility index (Phi) is 4.54. The lowest BCUT2D eigenvalue weighted by molar-refractivity contribution is 0.185. The molecule has 8 heteroatoms. The second kappa shape index (κ2) is 5.98. The monoisotopic (exact) mass is 288 g/mol. The number of sulfone groups is 1. The summed E-state index contributed by atoms with van der Waals surface area (Å²) in [6, 6.07) is 0. The molecule has 1 aromatic rings. The third kappa shape index (κ3) is 2.96. The highest BCUT2D eigenvalue weighted by atomic mass is 32.2. The molecule has 1 fully saturated rings. The standard InChI is InChI=1S/C11H20N4O3S/c1-18-6-5-15-10(8-12)13-14-11(15)9-4-2-3-7-19(9,16)17/h9H,2-8,12H2,1H3. The first-order valence-electron chi connectivity index (χ1n) is 6.42. The van der Waals surface area contributed by atoms with Gasteiger partial charge in [0.2, 0.25) is 0 Å². The Bertz CT molecular complexity index is 526. The van der Waals surface area contributed by atoms with E-state index in [0.717, 1.165) is 12.8 Å². The highest BCUT2D eigenvalue weighted by Gasteiger charge is 2.34. The van der Waals surface area contributed by atoms with E-state index in [4.69, 9.17) is 10.5 Å². The van der Waals surface area contributed by atoms with Gasteiger partial charge in [0, 0.05) is 13.7 Å². The quantitative estimate of drug-likeness (QED) is 0.820. The van der Waals surface area contributed by atoms with Crippen LogP contribution >= 0.6 is 0 Å². The molecule has 2 N–H and O–H groups in total. The number of aromatic nitrogens is 3. The molecule has 0 amide bonds. The molecule has 0 aromatic carbocycles. The van der Waals surface area contributed by atoms with E-state index < -0.39 is 15.1 Å². The van der Waals surface area contributed by atoms with Gasteiger partial charge < -0.3 is 15.0 Å². The maximum absolute atomic E-state index is 12.2. The van der Waals surface area contributed by atoms with Crippen LogP contribution < -0.4 is 5.73 Å². The maximum Gasteiger partial charge on any atom is 0.160 e. The Hall–Kier alpha value is -0.990. The van der Waals surface area contributed by atoms with Crippen LogP contribution in [0.4, 0.5) is 0 Å². The number of hydrogen-bond acceptors (Lipinski definition) is 6. The number of rotatable bonds is 5. The smallest absolute Gasteiger partial charge is 0.160 e. The van der Waals surface area contributed by atoms with Gasteiger partial charge in [0.25, 0.3) is 0 Å². The van der Waals surface area contributed by atoms with Crippen LogP contribution in [0.2, 0.25) is 0 Å². The number of nitrogens with two attached hydrogens (primary N) is 1. The second-order valence-corrected chi connectivity index (χ2v) is 6.98. The summed E-state index contributed by atoms with van der Waals surface area (Å²) in [5, 5.41) is 7.50. The molecule has 2 heterocycles. The molecule has 1 saturated heterocycles. The molecule has 1 aliphatic heterocycles. The van der Waals surface area contributed by atoms with Gasteiger partial charge >= 0.3 is 0 Å². The Morgan fingerprint density at radius 2 is 2.21 bits per heavy atom. The van der Waals surface area contributed by atoms with Gasteiger partial charge in [-0.25, -0.2) is 8.42 Å². The third-order valence-electron chi connectivity index (χ3n) is 3.42. The first-order valence-corrected chi connectivity index (χ1v) is 8.14. The zero-order chi connectivity index (χ0) is 13.9. The molecule has 1 unspecified atom stereocenters. The van der Waals surface area contributed by atoms with E-state index in [9.17, 15) is 8.42 Å². The molecular formula is C11H20N4O3S. The summed E-state index contributed by atoms with van der Waals surface area (Å²) >= 11 is 0. The summed E-state index contributed by atoms with van der Waals surface area (Å²) in [6.07, 6.45) is 2.24. The van der Waals surface area contributed by atoms with Crippen LogP contribution in [0.3, 0.4) is 0 Å². The molecule has 2 rings (SSSR count). The van der Waals surface area contributed by atoms with E-state index in [1.807, 2.05) is 0 Å². The summed E-state index contributed by atoms with van der Waals surface area (Å²) in [6.45, 7) is 1.24. The van der Waals surface area contributed by atoms with Gasteiger partial charge in [-0.3, -0.25) is 0 Å². The minimum absolute atomic E-state index is 0.229. The number of hydrogen-bond donors (Lipinski definition) is 1. The van der Waals surface area contributed by atoms with Crippen molar-refractivity contribution in [1.82, 2.24) is 14.8 Å². The van der Waals surface area contributed by atoms with Gasteiger partial charge in [-0.2, -0.15) is 0 Å². The predicted octanol–water partition coefficient (Wildman–Crippen LogP) is 0.0230. The normalized spacial score (nSPS) is 22.5. The lowest BCUT2D eigenvalue weighted by Gasteiger charge is -2.22. The van der Waals surface area contributed by atoms with Crippen molar-refractivity contribution in [2.24, 2.45) is 5.73 Å². The van der Waals surface area contributed by atoms with E-state index >= 15 is 0 Å². The first-order chi connectivity index (χ1) is 9.10. The maximum atomic E-state index is 12.2. The van der Waals surface area contributed by atoms with Crippen LogP contribution in [0.5, 0.6) is 0 Å². The van der Waals surface area contributed by atoms with E-state index in [1.54, 1.807) is 11.7 Å². The van der Waals surface area contributed by atoms with Gasteiger partial charge in [-0.05, 0) is 12.8 Å². The number of methoxy groups -OCH3 is 1. The zero-order valence-electron chi connectivity index (χ0n) is 11.1. The minimum atomic E-state index is -3.12. The summed E-state index contributed by atoms with van der Waals surface area (Å²) < 4.78 is 31.2. The molecule has 108 valence electrons. The Morgan fingerprint density at radius 3 is 2.84 bits per heavy atom. The van der Waals surface area contributed by atoms with Crippen LogP contribution in [0.1, 0.15) is 36.2 Å². The van der Waals surface area contributed by atoms with Crippen molar-refractivity contribution in [3.63, 3.8) is 0 Å². The fourth-order valence-electron chi connectivity index (χ4n) is 2.41. The van der Waals surface area contributed by atoms with E-state index in [-0.39, 0.29) is 12.3 Å². The molecule has 0 bridgehead atoms. The Morgan fingerprint density at radius 1 is 1.42 bits per heavy atom. The summed E-state index contributed by atoms with van der Waals surface area (Å²) in [7, 11) is -1.52. The molecule has 1 aromatic heterocycles. The third-order valence-corrected chi connectivity index (χ3v) is 5.60. The van der Waals surface area contributed by atoms with Crippen LogP contribution in [-0.4, -0.2) is 42.7 Å². The average molecular weight is 288 g/mol. The summed E-state index contributed by atoms with van der Waals surface area (Å²) in [4.78, 5) is 0. The lowest BCUT2D eigenvalue weighted by Crippen LogP contribution is -2.26. The first kappa shape index (κ1) is 14.4. The Balaban J connectivity index is 2.35. The second-order valence-electron chi connectivity index (χ2n) is 4.67. The fraction of sp³-hybridized carbons (Fsp3) is 0.818. The molecule has 1 atom stereocenters. The summed E-state index contributed by atoms with van der Waals surface area (Å²) in [5.41, 5.74) is 5.62. The molecule has 7 nitrogen and oxygen atoms in total. The molecule has 0 spiro atoms. The van der Waals surface area contributed by atoms with Crippen molar-refractivity contribution in [1.29, 1.82) is 0 Å². The van der Waals surface area contributed by atoms with Gasteiger partial charge in [-0.1, -0.05) is 6.42 Å². The van der Waals surface area contributed by atoms with Crippen molar-refractivity contribution in [2.45, 2.75) is 37.6 Å². The van der Waals surface area contributed by atoms with E-state index in [1.165, 1.54) is 0 Å². The highest BCUT2D eigenvalue weighted by Crippen LogP contribution is 2.32. The van der Waals surface area contributed by atoms with Crippen LogP contribution in [0.25, 0.3) is 0 Å². The molecule has 0 radical (unpaired) electrons. The largest absolute Gasteiger partial charge is 0.383 e. The lowest BCUT2D eigenvalue weighted by atomic mass is 10.2. The summed E-state index contributed by atoms with van der Waals surface area (Å²) in [5.74, 6) is 1.34. The van der Waals surface area contributed by atoms with Gasteiger partial charge in [0.15, 0.2) is 15.7 Å². The molecular weight excluding hydrogens is 268 g/mol. The van der Waals surface area contributed by atoms with Crippen LogP contribution in [0.15, 0.2) is 0 Å². The van der Waals surface area contributed by atoms with Crippen LogP contribution in [-0.2, 0) is 27.7 Å². The van der Waals surface area contributed by atoms with Gasteiger partial charge in [0.05, 0.1) is 18.9 Å². The Labute approximate surface area is 113 Å². The zero-order valence-corrected chi connectivity index (χ0v) is 11.9. The SMILES string of the molecule is COCCn1c(CN)nnc1C1CCCCS1(=O)=O. The topological polar surface area (TPSA) is 100 Å². The average Bonchev–Trinajstić information content (AvgIpc) is 2.78. The van der Waals surface area contributed by atoms with Gasteiger partial charge in [-0.15, -0.1) is 10.2 Å².